The first-order chi connectivity index (χ1) is 13.8. The molecule has 29 heavy (non-hydrogen) atoms. The Hall–Kier alpha value is 0.236. The molecule has 0 bridgehead atoms. The summed E-state index contributed by atoms with van der Waals surface area (Å²) in [4.78, 5) is 0. The second-order valence-corrected chi connectivity index (χ2v) is 10.1. The number of hydrogen-bond donors (Lipinski definition) is 1. The molecule has 0 aromatic heterocycles. The molecule has 0 saturated carbocycles. The second kappa shape index (κ2) is 28.2. The number of rotatable bonds is 18. The average molecular weight is 435 g/mol. The van der Waals surface area contributed by atoms with Gasteiger partial charge in [-0.15, -0.1) is 0 Å². The number of benzene rings is 1. The molecule has 0 aliphatic carbocycles. The quantitative estimate of drug-likeness (QED) is 0.181. The molecule has 1 rings (SSSR count). The van der Waals surface area contributed by atoms with Crippen LogP contribution in [0.2, 0.25) is 0 Å². The third-order valence-corrected chi connectivity index (χ3v) is 6.66. The number of halogens is 1. The van der Waals surface area contributed by atoms with Crippen molar-refractivity contribution in [1.29, 1.82) is 0 Å². The van der Waals surface area contributed by atoms with Crippen LogP contribution in [0.15, 0.2) is 30.3 Å². The zero-order valence-corrected chi connectivity index (χ0v) is 21.8. The zero-order chi connectivity index (χ0) is 20.5. The van der Waals surface area contributed by atoms with E-state index in [9.17, 15) is 0 Å². The van der Waals surface area contributed by atoms with Crippen molar-refractivity contribution in [2.75, 3.05) is 0 Å². The first-order valence-electron chi connectivity index (χ1n) is 12.2. The van der Waals surface area contributed by atoms with Gasteiger partial charge in [-0.3, -0.25) is 0 Å². The Balaban J connectivity index is 0. The average Bonchev–Trinajstić information content (AvgIpc) is 2.72. The van der Waals surface area contributed by atoms with Crippen molar-refractivity contribution in [2.45, 2.75) is 121 Å². The monoisotopic (exact) mass is 434 g/mol. The van der Waals surface area contributed by atoms with Crippen molar-refractivity contribution in [3.63, 3.8) is 0 Å². The van der Waals surface area contributed by atoms with Crippen molar-refractivity contribution in [3.8, 4) is 0 Å². The molecular weight excluding hydrogens is 386 g/mol. The standard InChI is InChI=1S/C19H39.C7H7.ClH.Mg.H3N/c1-3-5-7-9-11-13-15-17-19-18-16-14-12-10-8-6-4-2;1-7-5-3-2-4-6-7;;;/h1,3-19H2,2H3;2-6H,1H2;1H;;1H3/q;;;+1;/p-1. The molecule has 0 fully saturated rings. The van der Waals surface area contributed by atoms with E-state index >= 15 is 0 Å². The lowest BCUT2D eigenvalue weighted by atomic mass is 10.0. The Morgan fingerprint density at radius 1 is 0.655 bits per heavy atom. The van der Waals surface area contributed by atoms with E-state index in [0.29, 0.717) is 0 Å². The van der Waals surface area contributed by atoms with Gasteiger partial charge in [0.15, 0.2) is 0 Å². The molecule has 0 spiro atoms. The summed E-state index contributed by atoms with van der Waals surface area (Å²) in [6.07, 6.45) is 24.3. The van der Waals surface area contributed by atoms with Crippen LogP contribution in [0.25, 0.3) is 0 Å². The minimum atomic E-state index is -0.312. The van der Waals surface area contributed by atoms with E-state index in [1.54, 1.807) is 0 Å². The molecule has 1 aromatic carbocycles. The Labute approximate surface area is 197 Å². The molecule has 3 heteroatoms. The summed E-state index contributed by atoms with van der Waals surface area (Å²) in [7, 11) is 5.67. The molecule has 0 amide bonds. The van der Waals surface area contributed by atoms with E-state index in [4.69, 9.17) is 9.07 Å². The van der Waals surface area contributed by atoms with E-state index in [1.807, 2.05) is 6.07 Å². The van der Waals surface area contributed by atoms with Gasteiger partial charge in [-0.05, 0) is 0 Å². The van der Waals surface area contributed by atoms with Gasteiger partial charge in [-0.2, -0.15) is 0 Å². The molecule has 0 saturated heterocycles. The van der Waals surface area contributed by atoms with E-state index in [0.717, 1.165) is 11.0 Å². The second-order valence-electron chi connectivity index (χ2n) is 8.08. The summed E-state index contributed by atoms with van der Waals surface area (Å²) in [5.41, 5.74) is 1.37. The molecule has 1 radical (unpaired) electrons. The summed E-state index contributed by atoms with van der Waals surface area (Å²) < 4.78 is 1.11. The third-order valence-electron chi connectivity index (χ3n) is 5.33. The highest BCUT2D eigenvalue weighted by atomic mass is 35.5. The Kier molecular flexibility index (Phi) is 30.6. The lowest BCUT2D eigenvalue weighted by molar-refractivity contribution is 0.530. The van der Waals surface area contributed by atoms with Crippen molar-refractivity contribution < 1.29 is 0 Å². The van der Waals surface area contributed by atoms with Crippen LogP contribution in [0, 0.1) is 6.92 Å². The van der Waals surface area contributed by atoms with Crippen LogP contribution in [0.4, 0.5) is 0 Å². The summed E-state index contributed by atoms with van der Waals surface area (Å²) in [6.45, 7) is 6.18. The van der Waals surface area contributed by atoms with Gasteiger partial charge in [-0.25, -0.2) is 0 Å². The van der Waals surface area contributed by atoms with E-state index in [2.05, 4.69) is 38.1 Å². The maximum atomic E-state index is 5.67. The maximum Gasteiger partial charge on any atom is 0.505 e. The summed E-state index contributed by atoms with van der Waals surface area (Å²) in [5, 5.41) is 0. The summed E-state index contributed by atoms with van der Waals surface area (Å²) >= 11 is -0.312. The van der Waals surface area contributed by atoms with Crippen LogP contribution in [0.1, 0.15) is 122 Å². The predicted molar refractivity (Wildman–Crippen MR) is 136 cm³/mol. The van der Waals surface area contributed by atoms with Gasteiger partial charge >= 0.3 is 19.3 Å². The van der Waals surface area contributed by atoms with Crippen LogP contribution in [0.5, 0.6) is 0 Å². The van der Waals surface area contributed by atoms with Crippen molar-refractivity contribution in [2.24, 2.45) is 0 Å². The van der Waals surface area contributed by atoms with Gasteiger partial charge in [0.2, 0.25) is 0 Å². The molecular formula is C26H49ClMgN. The third kappa shape index (κ3) is 26.2. The Morgan fingerprint density at radius 3 is 1.38 bits per heavy atom. The molecule has 0 aliphatic rings. The van der Waals surface area contributed by atoms with Gasteiger partial charge < -0.3 is 15.2 Å². The van der Waals surface area contributed by atoms with Crippen molar-refractivity contribution >= 4 is 28.3 Å². The fourth-order valence-electron chi connectivity index (χ4n) is 3.48. The SMILES string of the molecule is N.[CH2]CCCCCCCCCCCCCCCCCC.[Cl][Mg][CH2]c1ccccc1. The summed E-state index contributed by atoms with van der Waals surface area (Å²) in [6, 6.07) is 10.4. The van der Waals surface area contributed by atoms with Gasteiger partial charge in [0.05, 0.1) is 0 Å². The highest BCUT2D eigenvalue weighted by molar-refractivity contribution is 6.93. The molecule has 1 nitrogen and oxygen atoms in total. The minimum Gasteiger partial charge on any atom is -0.345 e. The van der Waals surface area contributed by atoms with Crippen LogP contribution in [0.3, 0.4) is 0 Å². The predicted octanol–water partition coefficient (Wildman–Crippen LogP) is 9.68. The van der Waals surface area contributed by atoms with E-state index in [-0.39, 0.29) is 25.4 Å². The van der Waals surface area contributed by atoms with Gasteiger partial charge in [0.1, 0.15) is 0 Å². The number of hydrogen-bond acceptors (Lipinski definition) is 1. The highest BCUT2D eigenvalue weighted by Crippen LogP contribution is 2.13. The molecule has 1 aromatic rings. The Bertz CT molecular complexity index is 370. The normalized spacial score (nSPS) is 9.90. The molecule has 0 aliphatic heterocycles. The number of unbranched alkanes of at least 4 members (excludes halogenated alkanes) is 16. The largest absolute Gasteiger partial charge is 0.505 e. The van der Waals surface area contributed by atoms with Gasteiger partial charge in [-0.1, -0.05) is 163 Å². The highest BCUT2D eigenvalue weighted by Gasteiger charge is 1.94. The van der Waals surface area contributed by atoms with Crippen LogP contribution in [-0.4, -0.2) is 19.3 Å². The molecule has 167 valence electrons. The molecule has 0 heterocycles. The Morgan fingerprint density at radius 2 is 1.03 bits per heavy atom. The van der Waals surface area contributed by atoms with Crippen LogP contribution >= 0.6 is 9.07 Å². The zero-order valence-electron chi connectivity index (χ0n) is 19.6. The molecule has 0 atom stereocenters. The molecule has 0 unspecified atom stereocenters. The van der Waals surface area contributed by atoms with Gasteiger partial charge in [0.25, 0.3) is 0 Å². The fourth-order valence-corrected chi connectivity index (χ4v) is 4.68. The molecule has 3 N–H and O–H groups in total. The first kappa shape index (κ1) is 31.4. The van der Waals surface area contributed by atoms with Crippen LogP contribution in [-0.2, 0) is 4.55 Å². The minimum absolute atomic E-state index is 0. The van der Waals surface area contributed by atoms with Crippen LogP contribution < -0.4 is 6.15 Å². The van der Waals surface area contributed by atoms with Gasteiger partial charge in [0, 0.05) is 0 Å². The smallest absolute Gasteiger partial charge is 0.345 e. The topological polar surface area (TPSA) is 35.0 Å². The van der Waals surface area contributed by atoms with Crippen molar-refractivity contribution in [1.82, 2.24) is 6.15 Å². The maximum absolute atomic E-state index is 5.67. The van der Waals surface area contributed by atoms with Crippen molar-refractivity contribution in [3.05, 3.63) is 42.8 Å². The summed E-state index contributed by atoms with van der Waals surface area (Å²) in [5.74, 6) is 0. The fraction of sp³-hybridized carbons (Fsp3) is 0.731. The van der Waals surface area contributed by atoms with E-state index < -0.39 is 0 Å². The lowest BCUT2D eigenvalue weighted by Gasteiger charge is -2.03. The first-order valence-corrected chi connectivity index (χ1v) is 15.4. The lowest BCUT2D eigenvalue weighted by Crippen LogP contribution is -1.86. The van der Waals surface area contributed by atoms with E-state index in [1.165, 1.54) is 108 Å².